The Bertz CT molecular complexity index is 663. The van der Waals surface area contributed by atoms with Gasteiger partial charge in [-0.2, -0.15) is 0 Å². The summed E-state index contributed by atoms with van der Waals surface area (Å²) >= 11 is 0. The Balaban J connectivity index is 2.50. The van der Waals surface area contributed by atoms with Crippen LogP contribution in [0.15, 0.2) is 29.0 Å². The molecule has 0 aliphatic carbocycles. The molecule has 1 aromatic carbocycles. The summed E-state index contributed by atoms with van der Waals surface area (Å²) in [6.07, 6.45) is 1.11. The number of aromatic nitrogens is 1. The van der Waals surface area contributed by atoms with E-state index < -0.39 is 10.9 Å². The highest BCUT2D eigenvalue weighted by Crippen LogP contribution is 2.28. The minimum Gasteiger partial charge on any atom is -0.461 e. The molecule has 0 spiro atoms. The summed E-state index contributed by atoms with van der Waals surface area (Å²) < 4.78 is 10.0. The molecule has 0 N–H and O–H groups in total. The van der Waals surface area contributed by atoms with Gasteiger partial charge in [0.1, 0.15) is 0 Å². The summed E-state index contributed by atoms with van der Waals surface area (Å²) in [5, 5.41) is 10.9. The Morgan fingerprint density at radius 3 is 2.85 bits per heavy atom. The van der Waals surface area contributed by atoms with Crippen LogP contribution in [0.3, 0.4) is 0 Å². The van der Waals surface area contributed by atoms with E-state index in [4.69, 9.17) is 9.15 Å². The molecule has 104 valence electrons. The van der Waals surface area contributed by atoms with Gasteiger partial charge in [0.2, 0.25) is 0 Å². The van der Waals surface area contributed by atoms with E-state index in [1.165, 1.54) is 12.1 Å². The molecule has 0 saturated heterocycles. The number of esters is 1. The van der Waals surface area contributed by atoms with Gasteiger partial charge in [-0.1, -0.05) is 0 Å². The first-order valence-electron chi connectivity index (χ1n) is 5.90. The second-order valence-electron chi connectivity index (χ2n) is 4.06. The van der Waals surface area contributed by atoms with Crippen LogP contribution in [0.4, 0.5) is 5.69 Å². The molecule has 0 aliphatic heterocycles. The van der Waals surface area contributed by atoms with Crippen LogP contribution in [-0.2, 0) is 4.74 Å². The maximum absolute atomic E-state index is 11.7. The normalized spacial score (nSPS) is 10.3. The van der Waals surface area contributed by atoms with Gasteiger partial charge in [-0.3, -0.25) is 10.1 Å². The van der Waals surface area contributed by atoms with Gasteiger partial charge in [0.15, 0.2) is 17.8 Å². The lowest BCUT2D eigenvalue weighted by Gasteiger charge is -2.03. The molecule has 0 radical (unpaired) electrons. The average molecular weight is 276 g/mol. The highest BCUT2D eigenvalue weighted by atomic mass is 16.6. The van der Waals surface area contributed by atoms with Crippen molar-refractivity contribution in [2.24, 2.45) is 0 Å². The van der Waals surface area contributed by atoms with E-state index in [9.17, 15) is 14.9 Å². The molecule has 1 aromatic heterocycles. The lowest BCUT2D eigenvalue weighted by molar-refractivity contribution is -0.384. The van der Waals surface area contributed by atoms with E-state index in [0.29, 0.717) is 11.1 Å². The fourth-order valence-corrected chi connectivity index (χ4v) is 1.80. The lowest BCUT2D eigenvalue weighted by Crippen LogP contribution is -2.06. The van der Waals surface area contributed by atoms with Gasteiger partial charge in [-0.15, -0.1) is 0 Å². The van der Waals surface area contributed by atoms with E-state index >= 15 is 0 Å². The highest BCUT2D eigenvalue weighted by molar-refractivity contribution is 5.93. The molecular weight excluding hydrogens is 264 g/mol. The third-order valence-corrected chi connectivity index (χ3v) is 2.57. The van der Waals surface area contributed by atoms with Crippen molar-refractivity contribution in [3.05, 3.63) is 46.0 Å². The molecule has 0 bridgehead atoms. The topological polar surface area (TPSA) is 95.5 Å². The molecule has 0 fully saturated rings. The Morgan fingerprint density at radius 1 is 1.45 bits per heavy atom. The van der Waals surface area contributed by atoms with Gasteiger partial charge in [0.25, 0.3) is 5.69 Å². The van der Waals surface area contributed by atoms with Gasteiger partial charge in [-0.05, 0) is 25.5 Å². The smallest absolute Gasteiger partial charge is 0.360 e. The summed E-state index contributed by atoms with van der Waals surface area (Å²) in [7, 11) is 0. The molecule has 2 aromatic rings. The average Bonchev–Trinajstić information content (AvgIpc) is 2.87. The summed E-state index contributed by atoms with van der Waals surface area (Å²) in [5.41, 5.74) is 1.02. The summed E-state index contributed by atoms with van der Waals surface area (Å²) in [4.78, 5) is 25.9. The van der Waals surface area contributed by atoms with Crippen molar-refractivity contribution < 1.29 is 18.9 Å². The second kappa shape index (κ2) is 5.52. The van der Waals surface area contributed by atoms with Gasteiger partial charge >= 0.3 is 5.97 Å². The lowest BCUT2D eigenvalue weighted by atomic mass is 10.1. The number of carbonyl (C=O) groups excluding carboxylic acids is 1. The Hall–Kier alpha value is -2.70. The van der Waals surface area contributed by atoms with Crippen LogP contribution in [0.25, 0.3) is 11.3 Å². The van der Waals surface area contributed by atoms with Crippen LogP contribution < -0.4 is 0 Å². The maximum atomic E-state index is 11.7. The molecule has 2 rings (SSSR count). The third-order valence-electron chi connectivity index (χ3n) is 2.57. The van der Waals surface area contributed by atoms with Crippen molar-refractivity contribution in [3.8, 4) is 11.3 Å². The van der Waals surface area contributed by atoms with Crippen molar-refractivity contribution >= 4 is 11.7 Å². The van der Waals surface area contributed by atoms with Gasteiger partial charge in [0, 0.05) is 17.7 Å². The highest BCUT2D eigenvalue weighted by Gasteiger charge is 2.21. The molecule has 7 heteroatoms. The summed E-state index contributed by atoms with van der Waals surface area (Å²) in [5.74, 6) is -0.462. The maximum Gasteiger partial charge on any atom is 0.360 e. The van der Waals surface area contributed by atoms with E-state index in [1.54, 1.807) is 19.9 Å². The predicted octanol–water partition coefficient (Wildman–Crippen LogP) is 2.73. The van der Waals surface area contributed by atoms with Crippen LogP contribution >= 0.6 is 0 Å². The number of nitrogens with zero attached hydrogens (tertiary/aromatic N) is 2. The fourth-order valence-electron chi connectivity index (χ4n) is 1.80. The van der Waals surface area contributed by atoms with Crippen molar-refractivity contribution in [1.29, 1.82) is 0 Å². The largest absolute Gasteiger partial charge is 0.461 e. The monoisotopic (exact) mass is 276 g/mol. The van der Waals surface area contributed by atoms with E-state index in [0.717, 1.165) is 6.39 Å². The van der Waals surface area contributed by atoms with Crippen LogP contribution in [0.2, 0.25) is 0 Å². The first kappa shape index (κ1) is 13.7. The number of rotatable bonds is 4. The number of benzene rings is 1. The van der Waals surface area contributed by atoms with E-state index in [-0.39, 0.29) is 23.7 Å². The molecule has 20 heavy (non-hydrogen) atoms. The van der Waals surface area contributed by atoms with E-state index in [1.807, 2.05) is 0 Å². The van der Waals surface area contributed by atoms with Crippen LogP contribution in [0, 0.1) is 17.0 Å². The van der Waals surface area contributed by atoms with Crippen molar-refractivity contribution in [1.82, 2.24) is 4.98 Å². The zero-order valence-electron chi connectivity index (χ0n) is 11.0. The first-order valence-corrected chi connectivity index (χ1v) is 5.90. The standard InChI is InChI=1S/C13H12N2O5/c1-3-19-13(16)11-12(20-7-14-11)9-4-8(2)5-10(6-9)15(17)18/h4-7H,3H2,1-2H3. The minimum absolute atomic E-state index is 0.00625. The molecule has 0 amide bonds. The van der Waals surface area contributed by atoms with Gasteiger partial charge < -0.3 is 9.15 Å². The number of nitro groups is 1. The third kappa shape index (κ3) is 2.66. The molecule has 7 nitrogen and oxygen atoms in total. The van der Waals surface area contributed by atoms with Crippen LogP contribution in [-0.4, -0.2) is 22.5 Å². The number of aryl methyl sites for hydroxylation is 1. The Kier molecular flexibility index (Phi) is 3.79. The Labute approximate surface area is 114 Å². The molecule has 1 heterocycles. The zero-order chi connectivity index (χ0) is 14.7. The zero-order valence-corrected chi connectivity index (χ0v) is 11.0. The Morgan fingerprint density at radius 2 is 2.20 bits per heavy atom. The quantitative estimate of drug-likeness (QED) is 0.484. The van der Waals surface area contributed by atoms with Crippen molar-refractivity contribution in [3.63, 3.8) is 0 Å². The fraction of sp³-hybridized carbons (Fsp3) is 0.231. The number of oxazole rings is 1. The van der Waals surface area contributed by atoms with Gasteiger partial charge in [0.05, 0.1) is 11.5 Å². The van der Waals surface area contributed by atoms with Gasteiger partial charge in [-0.25, -0.2) is 9.78 Å². The number of hydrogen-bond acceptors (Lipinski definition) is 6. The molecule has 0 atom stereocenters. The minimum atomic E-state index is -0.625. The predicted molar refractivity (Wildman–Crippen MR) is 69.3 cm³/mol. The first-order chi connectivity index (χ1) is 9.52. The number of carbonyl (C=O) groups is 1. The van der Waals surface area contributed by atoms with E-state index in [2.05, 4.69) is 4.98 Å². The number of nitro benzene ring substituents is 1. The summed E-state index contributed by atoms with van der Waals surface area (Å²) in [6, 6.07) is 4.44. The number of non-ortho nitro benzene ring substituents is 1. The van der Waals surface area contributed by atoms with Crippen LogP contribution in [0.5, 0.6) is 0 Å². The SMILES string of the molecule is CCOC(=O)c1ncoc1-c1cc(C)cc([N+](=O)[O-])c1. The van der Waals surface area contributed by atoms with Crippen molar-refractivity contribution in [2.75, 3.05) is 6.61 Å². The van der Waals surface area contributed by atoms with Crippen LogP contribution in [0.1, 0.15) is 23.0 Å². The molecular formula is C13H12N2O5. The summed E-state index contributed by atoms with van der Waals surface area (Å²) in [6.45, 7) is 3.60. The molecule has 0 unspecified atom stereocenters. The molecule has 0 aliphatic rings. The second-order valence-corrected chi connectivity index (χ2v) is 4.06. The number of ether oxygens (including phenoxy) is 1. The molecule has 0 saturated carbocycles. The number of hydrogen-bond donors (Lipinski definition) is 0. The van der Waals surface area contributed by atoms with Crippen molar-refractivity contribution in [2.45, 2.75) is 13.8 Å².